The van der Waals surface area contributed by atoms with E-state index in [4.69, 9.17) is 15.2 Å². The summed E-state index contributed by atoms with van der Waals surface area (Å²) in [6.07, 6.45) is 0. The van der Waals surface area contributed by atoms with Crippen molar-refractivity contribution >= 4 is 27.4 Å². The van der Waals surface area contributed by atoms with Crippen LogP contribution in [0.2, 0.25) is 0 Å². The standard InChI is InChI=1S/C14H15N3O2S/c1-7-4-8(13(15)20-7)14-16-9-5-11(18-2)12(19-3)6-10(9)17-14/h4-6H,15H2,1-3H3,(H,16,17). The van der Waals surface area contributed by atoms with Gasteiger partial charge in [-0.1, -0.05) is 0 Å². The fourth-order valence-electron chi connectivity index (χ4n) is 2.18. The molecule has 104 valence electrons. The van der Waals surface area contributed by atoms with E-state index in [1.165, 1.54) is 0 Å². The van der Waals surface area contributed by atoms with Crippen molar-refractivity contribution in [3.05, 3.63) is 23.1 Å². The first-order valence-corrected chi connectivity index (χ1v) is 6.92. The van der Waals surface area contributed by atoms with Crippen molar-refractivity contribution in [2.45, 2.75) is 6.92 Å². The van der Waals surface area contributed by atoms with Crippen molar-refractivity contribution in [3.63, 3.8) is 0 Å². The van der Waals surface area contributed by atoms with Gasteiger partial charge in [0.25, 0.3) is 0 Å². The third-order valence-electron chi connectivity index (χ3n) is 3.13. The van der Waals surface area contributed by atoms with Crippen molar-refractivity contribution in [1.29, 1.82) is 0 Å². The average Bonchev–Trinajstić information content (AvgIpc) is 2.99. The maximum absolute atomic E-state index is 6.02. The van der Waals surface area contributed by atoms with Crippen molar-refractivity contribution in [2.24, 2.45) is 0 Å². The molecule has 0 amide bonds. The van der Waals surface area contributed by atoms with Gasteiger partial charge in [-0.25, -0.2) is 4.98 Å². The highest BCUT2D eigenvalue weighted by molar-refractivity contribution is 7.16. The molecule has 0 saturated carbocycles. The molecule has 0 unspecified atom stereocenters. The van der Waals surface area contributed by atoms with Gasteiger partial charge in [0.1, 0.15) is 5.82 Å². The zero-order valence-electron chi connectivity index (χ0n) is 11.5. The summed E-state index contributed by atoms with van der Waals surface area (Å²) in [7, 11) is 3.22. The molecule has 3 N–H and O–H groups in total. The minimum atomic E-state index is 0.660. The van der Waals surface area contributed by atoms with Gasteiger partial charge in [-0.2, -0.15) is 0 Å². The molecule has 5 nitrogen and oxygen atoms in total. The van der Waals surface area contributed by atoms with Crippen LogP contribution in [0.4, 0.5) is 5.00 Å². The maximum Gasteiger partial charge on any atom is 0.163 e. The van der Waals surface area contributed by atoms with E-state index >= 15 is 0 Å². The lowest BCUT2D eigenvalue weighted by Gasteiger charge is -2.06. The molecule has 2 aromatic heterocycles. The van der Waals surface area contributed by atoms with Crippen molar-refractivity contribution in [2.75, 3.05) is 20.0 Å². The van der Waals surface area contributed by atoms with Crippen LogP contribution in [0.15, 0.2) is 18.2 Å². The minimum Gasteiger partial charge on any atom is -0.493 e. The number of hydrogen-bond donors (Lipinski definition) is 2. The van der Waals surface area contributed by atoms with Gasteiger partial charge in [-0.3, -0.25) is 0 Å². The van der Waals surface area contributed by atoms with Crippen LogP contribution in [0, 0.1) is 6.92 Å². The highest BCUT2D eigenvalue weighted by atomic mass is 32.1. The highest BCUT2D eigenvalue weighted by Gasteiger charge is 2.14. The van der Waals surface area contributed by atoms with E-state index in [1.54, 1.807) is 25.6 Å². The van der Waals surface area contributed by atoms with Crippen LogP contribution in [-0.2, 0) is 0 Å². The first kappa shape index (κ1) is 12.8. The van der Waals surface area contributed by atoms with Crippen molar-refractivity contribution in [3.8, 4) is 22.9 Å². The summed E-state index contributed by atoms with van der Waals surface area (Å²) < 4.78 is 10.6. The molecule has 0 aliphatic carbocycles. The Kier molecular flexibility index (Phi) is 3.02. The second kappa shape index (κ2) is 4.72. The normalized spacial score (nSPS) is 10.9. The number of nitrogens with two attached hydrogens (primary N) is 1. The van der Waals surface area contributed by atoms with Gasteiger partial charge >= 0.3 is 0 Å². The number of fused-ring (bicyclic) bond motifs is 1. The van der Waals surface area contributed by atoms with E-state index in [2.05, 4.69) is 9.97 Å². The van der Waals surface area contributed by atoms with Gasteiger partial charge in [0, 0.05) is 17.0 Å². The molecular weight excluding hydrogens is 274 g/mol. The number of anilines is 1. The molecule has 0 fully saturated rings. The predicted molar refractivity (Wildman–Crippen MR) is 81.7 cm³/mol. The molecule has 0 aliphatic rings. The van der Waals surface area contributed by atoms with Crippen LogP contribution in [0.3, 0.4) is 0 Å². The number of aromatic amines is 1. The molecule has 3 aromatic rings. The average molecular weight is 289 g/mol. The zero-order chi connectivity index (χ0) is 14.3. The smallest absolute Gasteiger partial charge is 0.163 e. The summed E-state index contributed by atoms with van der Waals surface area (Å²) in [5, 5.41) is 0.764. The van der Waals surface area contributed by atoms with E-state index in [0.29, 0.717) is 11.5 Å². The second-order valence-corrected chi connectivity index (χ2v) is 5.73. The van der Waals surface area contributed by atoms with Crippen LogP contribution in [0.1, 0.15) is 4.88 Å². The Morgan fingerprint density at radius 3 is 2.45 bits per heavy atom. The molecule has 6 heteroatoms. The molecule has 0 saturated heterocycles. The number of aryl methyl sites for hydroxylation is 1. The van der Waals surface area contributed by atoms with Gasteiger partial charge < -0.3 is 20.2 Å². The summed E-state index contributed by atoms with van der Waals surface area (Å²) in [5.74, 6) is 2.09. The summed E-state index contributed by atoms with van der Waals surface area (Å²) in [6.45, 7) is 2.03. The number of hydrogen-bond acceptors (Lipinski definition) is 5. The Morgan fingerprint density at radius 2 is 1.85 bits per heavy atom. The fraction of sp³-hybridized carbons (Fsp3) is 0.214. The molecule has 20 heavy (non-hydrogen) atoms. The highest BCUT2D eigenvalue weighted by Crippen LogP contribution is 2.35. The molecule has 1 aromatic carbocycles. The van der Waals surface area contributed by atoms with E-state index in [-0.39, 0.29) is 0 Å². The van der Waals surface area contributed by atoms with Crippen molar-refractivity contribution < 1.29 is 9.47 Å². The Morgan fingerprint density at radius 1 is 1.15 bits per heavy atom. The number of nitrogens with one attached hydrogen (secondary N) is 1. The number of ether oxygens (including phenoxy) is 2. The fourth-order valence-corrected chi connectivity index (χ4v) is 2.97. The first-order valence-electron chi connectivity index (χ1n) is 6.10. The molecule has 0 atom stereocenters. The number of rotatable bonds is 3. The number of nitrogen functional groups attached to an aromatic ring is 1. The first-order chi connectivity index (χ1) is 9.62. The van der Waals surface area contributed by atoms with E-state index in [9.17, 15) is 0 Å². The molecule has 0 aliphatic heterocycles. The lowest BCUT2D eigenvalue weighted by atomic mass is 10.3. The van der Waals surface area contributed by atoms with Gasteiger partial charge in [-0.05, 0) is 13.0 Å². The lowest BCUT2D eigenvalue weighted by Crippen LogP contribution is -1.89. The lowest BCUT2D eigenvalue weighted by molar-refractivity contribution is 0.356. The van der Waals surface area contributed by atoms with Crippen molar-refractivity contribution in [1.82, 2.24) is 9.97 Å². The van der Waals surface area contributed by atoms with Crippen LogP contribution in [0.5, 0.6) is 11.5 Å². The van der Waals surface area contributed by atoms with E-state index < -0.39 is 0 Å². The van der Waals surface area contributed by atoms with Crippen LogP contribution >= 0.6 is 11.3 Å². The SMILES string of the molecule is COc1cc2nc(-c3cc(C)sc3N)[nH]c2cc1OC. The third kappa shape index (κ3) is 1.98. The van der Waals surface area contributed by atoms with Gasteiger partial charge in [0.15, 0.2) is 11.5 Å². The number of aromatic nitrogens is 2. The second-order valence-electron chi connectivity index (χ2n) is 4.44. The van der Waals surface area contributed by atoms with Gasteiger partial charge in [-0.15, -0.1) is 11.3 Å². The monoisotopic (exact) mass is 289 g/mol. The Balaban J connectivity index is 2.17. The predicted octanol–water partition coefficient (Wildman–Crippen LogP) is 3.20. The van der Waals surface area contributed by atoms with Gasteiger partial charge in [0.2, 0.25) is 0 Å². The Labute approximate surface area is 120 Å². The molecule has 0 radical (unpaired) electrons. The van der Waals surface area contributed by atoms with Crippen LogP contribution in [-0.4, -0.2) is 24.2 Å². The summed E-state index contributed by atoms with van der Waals surface area (Å²) in [6, 6.07) is 5.76. The molecule has 0 spiro atoms. The molecule has 2 heterocycles. The third-order valence-corrected chi connectivity index (χ3v) is 4.01. The number of methoxy groups -OCH3 is 2. The van der Waals surface area contributed by atoms with Crippen LogP contribution in [0.25, 0.3) is 22.4 Å². The number of benzene rings is 1. The molecule has 3 rings (SSSR count). The minimum absolute atomic E-state index is 0.660. The number of thiophene rings is 1. The Bertz CT molecular complexity index is 735. The maximum atomic E-state index is 6.02. The topological polar surface area (TPSA) is 73.2 Å². The number of H-pyrrole nitrogens is 1. The molecular formula is C14H15N3O2S. The zero-order valence-corrected chi connectivity index (χ0v) is 12.3. The largest absolute Gasteiger partial charge is 0.493 e. The summed E-state index contributed by atoms with van der Waals surface area (Å²) >= 11 is 1.56. The number of imidazole rings is 1. The van der Waals surface area contributed by atoms with E-state index in [1.807, 2.05) is 25.1 Å². The van der Waals surface area contributed by atoms with Gasteiger partial charge in [0.05, 0.1) is 35.8 Å². The summed E-state index contributed by atoms with van der Waals surface area (Å²) in [5.41, 5.74) is 8.66. The quantitative estimate of drug-likeness (QED) is 0.776. The van der Waals surface area contributed by atoms with E-state index in [0.717, 1.165) is 32.3 Å². The Hall–Kier alpha value is -2.21. The summed E-state index contributed by atoms with van der Waals surface area (Å²) in [4.78, 5) is 9.01. The van der Waals surface area contributed by atoms with Crippen LogP contribution < -0.4 is 15.2 Å². The number of nitrogens with zero attached hydrogens (tertiary/aromatic N) is 1. The molecule has 0 bridgehead atoms.